The highest BCUT2D eigenvalue weighted by molar-refractivity contribution is 7.99. The standard InChI is InChI=1S/C14H11F2NO3S2/c15-14(16)22-10-5-3-9(4-6-10)17-12(18)8-20-13(19)11-2-1-7-21-11/h1-7,14H,8H2,(H,17,18). The van der Waals surface area contributed by atoms with E-state index in [1.54, 1.807) is 17.5 Å². The molecule has 0 aliphatic rings. The summed E-state index contributed by atoms with van der Waals surface area (Å²) in [5.74, 6) is -3.55. The first-order chi connectivity index (χ1) is 10.5. The van der Waals surface area contributed by atoms with Crippen LogP contribution in [0.3, 0.4) is 0 Å². The second-order valence-corrected chi connectivity index (χ2v) is 6.02. The maximum Gasteiger partial charge on any atom is 0.348 e. The number of nitrogens with one attached hydrogen (secondary N) is 1. The fourth-order valence-electron chi connectivity index (χ4n) is 1.51. The fraction of sp³-hybridized carbons (Fsp3) is 0.143. The first-order valence-corrected chi connectivity index (χ1v) is 7.86. The predicted octanol–water partition coefficient (Wildman–Crippen LogP) is 3.86. The summed E-state index contributed by atoms with van der Waals surface area (Å²) in [6.45, 7) is -0.412. The van der Waals surface area contributed by atoms with E-state index in [0.717, 1.165) is 0 Å². The van der Waals surface area contributed by atoms with Gasteiger partial charge in [0, 0.05) is 10.6 Å². The predicted molar refractivity (Wildman–Crippen MR) is 81.5 cm³/mol. The van der Waals surface area contributed by atoms with Gasteiger partial charge in [0.2, 0.25) is 0 Å². The van der Waals surface area contributed by atoms with Crippen molar-refractivity contribution < 1.29 is 23.1 Å². The molecule has 22 heavy (non-hydrogen) atoms. The smallest absolute Gasteiger partial charge is 0.348 e. The second kappa shape index (κ2) is 7.90. The molecule has 1 aromatic heterocycles. The van der Waals surface area contributed by atoms with Crippen LogP contribution in [0.2, 0.25) is 0 Å². The largest absolute Gasteiger partial charge is 0.451 e. The zero-order chi connectivity index (χ0) is 15.9. The molecule has 0 spiro atoms. The lowest BCUT2D eigenvalue weighted by atomic mass is 10.3. The third-order valence-corrected chi connectivity index (χ3v) is 3.99. The third kappa shape index (κ3) is 5.12. The lowest BCUT2D eigenvalue weighted by Crippen LogP contribution is -2.20. The average Bonchev–Trinajstić information content (AvgIpc) is 3.00. The lowest BCUT2D eigenvalue weighted by molar-refractivity contribution is -0.119. The Morgan fingerprint density at radius 3 is 2.55 bits per heavy atom. The average molecular weight is 343 g/mol. The zero-order valence-corrected chi connectivity index (χ0v) is 12.8. The Morgan fingerprint density at radius 2 is 1.95 bits per heavy atom. The van der Waals surface area contributed by atoms with Gasteiger partial charge in [-0.25, -0.2) is 4.79 Å². The number of thiophene rings is 1. The van der Waals surface area contributed by atoms with Crippen molar-refractivity contribution in [2.24, 2.45) is 0 Å². The van der Waals surface area contributed by atoms with Gasteiger partial charge in [0.05, 0.1) is 0 Å². The summed E-state index contributed by atoms with van der Waals surface area (Å²) in [7, 11) is 0. The Kier molecular flexibility index (Phi) is 5.91. The normalized spacial score (nSPS) is 10.5. The molecule has 0 atom stereocenters. The number of hydrogen-bond acceptors (Lipinski definition) is 5. The van der Waals surface area contributed by atoms with Crippen LogP contribution in [0.25, 0.3) is 0 Å². The number of thioether (sulfide) groups is 1. The molecule has 1 heterocycles. The van der Waals surface area contributed by atoms with Crippen molar-refractivity contribution in [2.75, 3.05) is 11.9 Å². The summed E-state index contributed by atoms with van der Waals surface area (Å²) in [4.78, 5) is 24.0. The van der Waals surface area contributed by atoms with Crippen LogP contribution in [0.1, 0.15) is 9.67 Å². The van der Waals surface area contributed by atoms with Crippen LogP contribution in [0.5, 0.6) is 0 Å². The SMILES string of the molecule is O=C(COC(=O)c1cccs1)Nc1ccc(SC(F)F)cc1. The highest BCUT2D eigenvalue weighted by atomic mass is 32.2. The van der Waals surface area contributed by atoms with E-state index in [9.17, 15) is 18.4 Å². The lowest BCUT2D eigenvalue weighted by Gasteiger charge is -2.07. The van der Waals surface area contributed by atoms with Crippen LogP contribution in [-0.2, 0) is 9.53 Å². The molecule has 8 heteroatoms. The number of anilines is 1. The summed E-state index contributed by atoms with van der Waals surface area (Å²) in [6, 6.07) is 9.27. The van der Waals surface area contributed by atoms with Crippen molar-refractivity contribution in [1.29, 1.82) is 0 Å². The summed E-state index contributed by atoms with van der Waals surface area (Å²) in [5, 5.41) is 4.25. The minimum absolute atomic E-state index is 0.400. The Morgan fingerprint density at radius 1 is 1.23 bits per heavy atom. The molecular formula is C14H11F2NO3S2. The molecule has 1 N–H and O–H groups in total. The van der Waals surface area contributed by atoms with Gasteiger partial charge in [0.25, 0.3) is 11.7 Å². The van der Waals surface area contributed by atoms with Gasteiger partial charge in [0.15, 0.2) is 6.61 Å². The van der Waals surface area contributed by atoms with Crippen LogP contribution >= 0.6 is 23.1 Å². The summed E-state index contributed by atoms with van der Waals surface area (Å²) in [6.07, 6.45) is 0. The van der Waals surface area contributed by atoms with E-state index in [2.05, 4.69) is 5.32 Å². The van der Waals surface area contributed by atoms with Crippen molar-refractivity contribution in [3.63, 3.8) is 0 Å². The third-order valence-electron chi connectivity index (χ3n) is 2.42. The van der Waals surface area contributed by atoms with E-state index >= 15 is 0 Å². The van der Waals surface area contributed by atoms with Gasteiger partial charge in [-0.1, -0.05) is 17.8 Å². The van der Waals surface area contributed by atoms with E-state index in [0.29, 0.717) is 27.2 Å². The first-order valence-electron chi connectivity index (χ1n) is 6.10. The van der Waals surface area contributed by atoms with Gasteiger partial charge in [-0.2, -0.15) is 8.78 Å². The molecule has 0 unspecified atom stereocenters. The molecule has 4 nitrogen and oxygen atoms in total. The zero-order valence-electron chi connectivity index (χ0n) is 11.1. The van der Waals surface area contributed by atoms with Gasteiger partial charge in [-0.15, -0.1) is 11.3 Å². The van der Waals surface area contributed by atoms with Crippen LogP contribution in [0, 0.1) is 0 Å². The number of hydrogen-bond donors (Lipinski definition) is 1. The molecule has 0 saturated carbocycles. The Bertz CT molecular complexity index is 630. The molecule has 0 aliphatic carbocycles. The highest BCUT2D eigenvalue weighted by Crippen LogP contribution is 2.26. The van der Waals surface area contributed by atoms with Gasteiger partial charge in [-0.3, -0.25) is 4.79 Å². The molecule has 116 valence electrons. The van der Waals surface area contributed by atoms with E-state index in [-0.39, 0.29) is 0 Å². The second-order valence-electron chi connectivity index (χ2n) is 4.00. The number of alkyl halides is 2. The van der Waals surface area contributed by atoms with E-state index in [1.807, 2.05) is 0 Å². The number of halogens is 2. The first kappa shape index (κ1) is 16.4. The van der Waals surface area contributed by atoms with Gasteiger partial charge in [0.1, 0.15) is 4.88 Å². The molecule has 2 rings (SSSR count). The quantitative estimate of drug-likeness (QED) is 0.639. The van der Waals surface area contributed by atoms with Gasteiger partial charge in [-0.05, 0) is 35.7 Å². The van der Waals surface area contributed by atoms with E-state index in [1.165, 1.54) is 35.6 Å². The summed E-state index contributed by atoms with van der Waals surface area (Å²) < 4.78 is 29.2. The number of esters is 1. The molecule has 2 aromatic rings. The van der Waals surface area contributed by atoms with E-state index < -0.39 is 24.2 Å². The van der Waals surface area contributed by atoms with Crippen molar-refractivity contribution in [2.45, 2.75) is 10.7 Å². The molecule has 0 fully saturated rings. The van der Waals surface area contributed by atoms with E-state index in [4.69, 9.17) is 4.74 Å². The number of benzene rings is 1. The molecule has 0 radical (unpaired) electrons. The monoisotopic (exact) mass is 343 g/mol. The Balaban J connectivity index is 1.80. The topological polar surface area (TPSA) is 55.4 Å². The number of ether oxygens (including phenoxy) is 1. The maximum atomic E-state index is 12.2. The molecule has 1 amide bonds. The van der Waals surface area contributed by atoms with Gasteiger partial charge < -0.3 is 10.1 Å². The number of rotatable bonds is 6. The molecular weight excluding hydrogens is 332 g/mol. The maximum absolute atomic E-state index is 12.2. The van der Waals surface area contributed by atoms with Crippen molar-refractivity contribution >= 4 is 40.7 Å². The summed E-state index contributed by atoms with van der Waals surface area (Å²) in [5.41, 5.74) is 0.441. The van der Waals surface area contributed by atoms with Crippen LogP contribution < -0.4 is 5.32 Å². The van der Waals surface area contributed by atoms with Crippen molar-refractivity contribution in [3.05, 3.63) is 46.7 Å². The number of carbonyl (C=O) groups is 2. The number of amides is 1. The minimum Gasteiger partial charge on any atom is -0.451 e. The van der Waals surface area contributed by atoms with Crippen LogP contribution in [0.4, 0.5) is 14.5 Å². The van der Waals surface area contributed by atoms with Crippen molar-refractivity contribution in [3.8, 4) is 0 Å². The Hall–Kier alpha value is -1.93. The minimum atomic E-state index is -2.49. The van der Waals surface area contributed by atoms with Gasteiger partial charge >= 0.3 is 5.97 Å². The molecule has 1 aromatic carbocycles. The Labute approximate surface area is 133 Å². The molecule has 0 aliphatic heterocycles. The van der Waals surface area contributed by atoms with Crippen LogP contribution in [0.15, 0.2) is 46.7 Å². The summed E-state index contributed by atoms with van der Waals surface area (Å²) >= 11 is 1.65. The van der Waals surface area contributed by atoms with Crippen LogP contribution in [-0.4, -0.2) is 24.2 Å². The molecule has 0 saturated heterocycles. The number of carbonyl (C=O) groups excluding carboxylic acids is 2. The highest BCUT2D eigenvalue weighted by Gasteiger charge is 2.11. The fourth-order valence-corrected chi connectivity index (χ4v) is 2.63. The molecule has 0 bridgehead atoms. The van der Waals surface area contributed by atoms with Crippen molar-refractivity contribution in [1.82, 2.24) is 0 Å².